The number of rotatable bonds is 6. The van der Waals surface area contributed by atoms with E-state index >= 15 is 0 Å². The largest absolute Gasteiger partial charge is 0.380 e. The number of nitrogens with two attached hydrogens (primary N) is 1. The molecular formula is C12H23N3O. The van der Waals surface area contributed by atoms with Gasteiger partial charge in [-0.25, -0.2) is 0 Å². The minimum atomic E-state index is 0.181. The summed E-state index contributed by atoms with van der Waals surface area (Å²) in [6, 6.07) is 0. The molecule has 4 heteroatoms. The van der Waals surface area contributed by atoms with E-state index in [0.29, 0.717) is 6.54 Å². The summed E-state index contributed by atoms with van der Waals surface area (Å²) in [5, 5.41) is 4.61. The summed E-state index contributed by atoms with van der Waals surface area (Å²) in [5.74, 6) is 0. The quantitative estimate of drug-likeness (QED) is 0.798. The lowest BCUT2D eigenvalue weighted by atomic mass is 10.1. The minimum absolute atomic E-state index is 0.181. The molecule has 0 aliphatic carbocycles. The SMILES string of the molecule is CCc1nn(CC(C)OC)c(CC)c1CN. The molecular weight excluding hydrogens is 202 g/mol. The highest BCUT2D eigenvalue weighted by Gasteiger charge is 2.15. The van der Waals surface area contributed by atoms with Crippen LogP contribution < -0.4 is 5.73 Å². The fourth-order valence-electron chi connectivity index (χ4n) is 1.97. The zero-order valence-electron chi connectivity index (χ0n) is 10.8. The lowest BCUT2D eigenvalue weighted by Gasteiger charge is -2.12. The van der Waals surface area contributed by atoms with E-state index in [9.17, 15) is 0 Å². The summed E-state index contributed by atoms with van der Waals surface area (Å²) in [6.07, 6.45) is 2.09. The Morgan fingerprint density at radius 3 is 2.50 bits per heavy atom. The van der Waals surface area contributed by atoms with Crippen molar-refractivity contribution < 1.29 is 4.74 Å². The van der Waals surface area contributed by atoms with Crippen molar-refractivity contribution in [1.82, 2.24) is 9.78 Å². The molecule has 0 aliphatic rings. The van der Waals surface area contributed by atoms with Crippen molar-refractivity contribution in [2.45, 2.75) is 52.8 Å². The molecule has 0 spiro atoms. The standard InChI is InChI=1S/C12H23N3O/c1-5-11-10(7-13)12(6-2)15(14-11)8-9(3)16-4/h9H,5-8,13H2,1-4H3. The molecule has 0 radical (unpaired) electrons. The number of hydrogen-bond donors (Lipinski definition) is 1. The highest BCUT2D eigenvalue weighted by molar-refractivity contribution is 5.26. The fourth-order valence-corrected chi connectivity index (χ4v) is 1.97. The smallest absolute Gasteiger partial charge is 0.0739 e. The molecule has 1 heterocycles. The van der Waals surface area contributed by atoms with Gasteiger partial charge >= 0.3 is 0 Å². The summed E-state index contributed by atoms with van der Waals surface area (Å²) >= 11 is 0. The molecule has 2 N–H and O–H groups in total. The van der Waals surface area contributed by atoms with E-state index in [1.807, 2.05) is 0 Å². The highest BCUT2D eigenvalue weighted by atomic mass is 16.5. The van der Waals surface area contributed by atoms with Crippen LogP contribution in [-0.4, -0.2) is 23.0 Å². The Labute approximate surface area is 97.8 Å². The molecule has 16 heavy (non-hydrogen) atoms. The second kappa shape index (κ2) is 6.01. The van der Waals surface area contributed by atoms with Gasteiger partial charge in [0.2, 0.25) is 0 Å². The number of ether oxygens (including phenoxy) is 1. The van der Waals surface area contributed by atoms with Crippen LogP contribution in [0.5, 0.6) is 0 Å². The molecule has 0 bridgehead atoms. The van der Waals surface area contributed by atoms with Crippen LogP contribution in [0.1, 0.15) is 37.7 Å². The van der Waals surface area contributed by atoms with E-state index in [0.717, 1.165) is 25.1 Å². The van der Waals surface area contributed by atoms with Crippen LogP contribution in [0.25, 0.3) is 0 Å². The van der Waals surface area contributed by atoms with Crippen LogP contribution in [0.15, 0.2) is 0 Å². The van der Waals surface area contributed by atoms with Crippen molar-refractivity contribution in [2.24, 2.45) is 5.73 Å². The molecule has 0 aliphatic heterocycles. The maximum atomic E-state index is 5.79. The van der Waals surface area contributed by atoms with Gasteiger partial charge in [0.25, 0.3) is 0 Å². The van der Waals surface area contributed by atoms with Gasteiger partial charge in [0.05, 0.1) is 18.3 Å². The summed E-state index contributed by atoms with van der Waals surface area (Å²) in [6.45, 7) is 7.68. The zero-order valence-corrected chi connectivity index (χ0v) is 10.8. The zero-order chi connectivity index (χ0) is 12.1. The topological polar surface area (TPSA) is 53.1 Å². The summed E-state index contributed by atoms with van der Waals surface area (Å²) in [7, 11) is 1.73. The van der Waals surface area contributed by atoms with Gasteiger partial charge in [-0.15, -0.1) is 0 Å². The van der Waals surface area contributed by atoms with Crippen molar-refractivity contribution in [2.75, 3.05) is 7.11 Å². The maximum Gasteiger partial charge on any atom is 0.0739 e. The Balaban J connectivity index is 3.03. The molecule has 1 aromatic heterocycles. The van der Waals surface area contributed by atoms with E-state index in [1.165, 1.54) is 11.3 Å². The van der Waals surface area contributed by atoms with Gasteiger partial charge in [-0.1, -0.05) is 13.8 Å². The summed E-state index contributed by atoms with van der Waals surface area (Å²) in [4.78, 5) is 0. The second-order valence-electron chi connectivity index (χ2n) is 4.01. The fraction of sp³-hybridized carbons (Fsp3) is 0.750. The van der Waals surface area contributed by atoms with Crippen molar-refractivity contribution in [3.8, 4) is 0 Å². The van der Waals surface area contributed by atoms with Crippen LogP contribution in [0.3, 0.4) is 0 Å². The first kappa shape index (κ1) is 13.2. The lowest BCUT2D eigenvalue weighted by molar-refractivity contribution is 0.0989. The Hall–Kier alpha value is -0.870. The van der Waals surface area contributed by atoms with E-state index in [-0.39, 0.29) is 6.10 Å². The number of hydrogen-bond acceptors (Lipinski definition) is 3. The second-order valence-corrected chi connectivity index (χ2v) is 4.01. The molecule has 0 amide bonds. The van der Waals surface area contributed by atoms with Crippen LogP contribution in [-0.2, 0) is 30.7 Å². The van der Waals surface area contributed by atoms with Crippen LogP contribution in [0.4, 0.5) is 0 Å². The van der Waals surface area contributed by atoms with E-state index in [1.54, 1.807) is 7.11 Å². The number of aromatic nitrogens is 2. The van der Waals surface area contributed by atoms with Crippen molar-refractivity contribution >= 4 is 0 Å². The molecule has 0 saturated carbocycles. The molecule has 4 nitrogen and oxygen atoms in total. The molecule has 1 unspecified atom stereocenters. The monoisotopic (exact) mass is 225 g/mol. The Kier molecular flexibility index (Phi) is 4.96. The summed E-state index contributed by atoms with van der Waals surface area (Å²) < 4.78 is 7.33. The number of methoxy groups -OCH3 is 1. The van der Waals surface area contributed by atoms with Gasteiger partial charge in [0.1, 0.15) is 0 Å². The van der Waals surface area contributed by atoms with E-state index < -0.39 is 0 Å². The third-order valence-electron chi connectivity index (χ3n) is 2.96. The minimum Gasteiger partial charge on any atom is -0.380 e. The van der Waals surface area contributed by atoms with Crippen molar-refractivity contribution in [3.63, 3.8) is 0 Å². The first-order chi connectivity index (χ1) is 7.67. The molecule has 1 rings (SSSR count). The predicted octanol–water partition coefficient (Wildman–Crippen LogP) is 1.50. The Morgan fingerprint density at radius 2 is 2.06 bits per heavy atom. The molecule has 0 fully saturated rings. The van der Waals surface area contributed by atoms with Gasteiger partial charge in [-0.3, -0.25) is 4.68 Å². The predicted molar refractivity (Wildman–Crippen MR) is 65.3 cm³/mol. The van der Waals surface area contributed by atoms with Gasteiger partial charge in [0, 0.05) is 24.9 Å². The van der Waals surface area contributed by atoms with Gasteiger partial charge in [0.15, 0.2) is 0 Å². The van der Waals surface area contributed by atoms with Crippen LogP contribution >= 0.6 is 0 Å². The average molecular weight is 225 g/mol. The Morgan fingerprint density at radius 1 is 1.38 bits per heavy atom. The average Bonchev–Trinajstić information content (AvgIpc) is 2.65. The first-order valence-corrected chi connectivity index (χ1v) is 5.98. The van der Waals surface area contributed by atoms with Crippen LogP contribution in [0.2, 0.25) is 0 Å². The van der Waals surface area contributed by atoms with Crippen molar-refractivity contribution in [3.05, 3.63) is 17.0 Å². The van der Waals surface area contributed by atoms with Gasteiger partial charge < -0.3 is 10.5 Å². The lowest BCUT2D eigenvalue weighted by Crippen LogP contribution is -2.18. The van der Waals surface area contributed by atoms with E-state index in [2.05, 4.69) is 30.6 Å². The third-order valence-corrected chi connectivity index (χ3v) is 2.96. The molecule has 0 aromatic carbocycles. The third kappa shape index (κ3) is 2.62. The maximum absolute atomic E-state index is 5.79. The van der Waals surface area contributed by atoms with Crippen molar-refractivity contribution in [1.29, 1.82) is 0 Å². The van der Waals surface area contributed by atoms with Gasteiger partial charge in [-0.05, 0) is 19.8 Å². The number of nitrogens with zero attached hydrogens (tertiary/aromatic N) is 2. The molecule has 1 atom stereocenters. The van der Waals surface area contributed by atoms with E-state index in [4.69, 9.17) is 10.5 Å². The molecule has 92 valence electrons. The van der Waals surface area contributed by atoms with Crippen LogP contribution in [0, 0.1) is 0 Å². The molecule has 1 aromatic rings. The normalized spacial score (nSPS) is 13.1. The number of aryl methyl sites for hydroxylation is 1. The Bertz CT molecular complexity index is 333. The molecule has 0 saturated heterocycles. The highest BCUT2D eigenvalue weighted by Crippen LogP contribution is 2.16. The van der Waals surface area contributed by atoms with Gasteiger partial charge in [-0.2, -0.15) is 5.10 Å². The summed E-state index contributed by atoms with van der Waals surface area (Å²) in [5.41, 5.74) is 9.39. The first-order valence-electron chi connectivity index (χ1n) is 5.98.